The highest BCUT2D eigenvalue weighted by molar-refractivity contribution is 8.01. The number of thioether (sulfide) groups is 1. The molecule has 0 aliphatic rings. The number of hydrogen-bond donors (Lipinski definition) is 2. The van der Waals surface area contributed by atoms with Crippen molar-refractivity contribution in [3.05, 3.63) is 65.5 Å². The van der Waals surface area contributed by atoms with Gasteiger partial charge in [0.1, 0.15) is 17.5 Å². The van der Waals surface area contributed by atoms with Crippen molar-refractivity contribution in [2.24, 2.45) is 0 Å². The van der Waals surface area contributed by atoms with Crippen LogP contribution in [0.5, 0.6) is 0 Å². The lowest BCUT2D eigenvalue weighted by Crippen LogP contribution is -2.15. The molecule has 1 heterocycles. The number of carbonyl (C=O) groups excluding carboxylic acids is 2. The van der Waals surface area contributed by atoms with Gasteiger partial charge in [0.25, 0.3) is 5.91 Å². The fourth-order valence-electron chi connectivity index (χ4n) is 2.03. The number of halogens is 3. The van der Waals surface area contributed by atoms with E-state index in [0.29, 0.717) is 10.4 Å². The topological polar surface area (TPSA) is 84.0 Å². The Bertz CT molecular complexity index is 1030. The first kappa shape index (κ1) is 19.8. The summed E-state index contributed by atoms with van der Waals surface area (Å²) >= 11 is 2.01. The minimum absolute atomic E-state index is 0.104. The third-order valence-electron chi connectivity index (χ3n) is 3.28. The average Bonchev–Trinajstić information content (AvgIpc) is 3.10. The molecule has 0 radical (unpaired) electrons. The normalized spacial score (nSPS) is 10.5. The predicted octanol–water partition coefficient (Wildman–Crippen LogP) is 3.94. The summed E-state index contributed by atoms with van der Waals surface area (Å²) in [6.45, 7) is 0. The Kier molecular flexibility index (Phi) is 6.26. The molecule has 0 aliphatic carbocycles. The second-order valence-electron chi connectivity index (χ2n) is 5.27. The van der Waals surface area contributed by atoms with Gasteiger partial charge in [-0.2, -0.15) is 0 Å². The van der Waals surface area contributed by atoms with Gasteiger partial charge in [0.05, 0.1) is 17.0 Å². The first-order valence-electron chi connectivity index (χ1n) is 7.69. The molecule has 0 bridgehead atoms. The van der Waals surface area contributed by atoms with E-state index in [1.807, 2.05) is 0 Å². The Morgan fingerprint density at radius 1 is 1.00 bits per heavy atom. The molecule has 0 fully saturated rings. The Balaban J connectivity index is 1.54. The highest BCUT2D eigenvalue weighted by Crippen LogP contribution is 2.26. The van der Waals surface area contributed by atoms with E-state index in [1.165, 1.54) is 24.3 Å². The predicted molar refractivity (Wildman–Crippen MR) is 100.0 cm³/mol. The zero-order valence-electron chi connectivity index (χ0n) is 13.9. The fourth-order valence-corrected chi connectivity index (χ4v) is 3.58. The van der Waals surface area contributed by atoms with Gasteiger partial charge in [0.15, 0.2) is 4.34 Å². The number of amides is 2. The number of nitrogens with one attached hydrogen (secondary N) is 2. The Morgan fingerprint density at radius 3 is 2.54 bits per heavy atom. The monoisotopic (exact) mass is 424 g/mol. The molecule has 0 unspecified atom stereocenters. The summed E-state index contributed by atoms with van der Waals surface area (Å²) in [5.41, 5.74) is -0.269. The zero-order valence-corrected chi connectivity index (χ0v) is 15.5. The van der Waals surface area contributed by atoms with Gasteiger partial charge in [0.2, 0.25) is 11.0 Å². The van der Waals surface area contributed by atoms with E-state index in [-0.39, 0.29) is 22.1 Å². The zero-order chi connectivity index (χ0) is 20.1. The van der Waals surface area contributed by atoms with Gasteiger partial charge >= 0.3 is 0 Å². The summed E-state index contributed by atoms with van der Waals surface area (Å²) in [7, 11) is 0. The molecule has 28 heavy (non-hydrogen) atoms. The van der Waals surface area contributed by atoms with E-state index in [9.17, 15) is 22.8 Å². The van der Waals surface area contributed by atoms with Gasteiger partial charge in [-0.3, -0.25) is 14.9 Å². The summed E-state index contributed by atoms with van der Waals surface area (Å²) in [5.74, 6) is -3.59. The van der Waals surface area contributed by atoms with Crippen LogP contribution in [0, 0.1) is 17.5 Å². The molecule has 0 saturated carbocycles. The summed E-state index contributed by atoms with van der Waals surface area (Å²) in [6.07, 6.45) is 0. The second kappa shape index (κ2) is 8.85. The van der Waals surface area contributed by atoms with E-state index in [1.54, 1.807) is 0 Å². The average molecular weight is 424 g/mol. The maximum Gasteiger partial charge on any atom is 0.260 e. The lowest BCUT2D eigenvalue weighted by Gasteiger charge is -2.05. The third-order valence-corrected chi connectivity index (χ3v) is 5.25. The molecule has 2 N–H and O–H groups in total. The molecular weight excluding hydrogens is 413 g/mol. The summed E-state index contributed by atoms with van der Waals surface area (Å²) in [6, 6.07) is 8.31. The van der Waals surface area contributed by atoms with Crippen molar-refractivity contribution in [1.82, 2.24) is 10.2 Å². The second-order valence-corrected chi connectivity index (χ2v) is 7.47. The van der Waals surface area contributed by atoms with Crippen molar-refractivity contribution >= 4 is 45.7 Å². The van der Waals surface area contributed by atoms with Crippen molar-refractivity contribution in [3.8, 4) is 0 Å². The SMILES string of the molecule is O=C(CSc1nnc(NC(=O)c2ccccc2F)s1)Nc1ccc(F)cc1F. The van der Waals surface area contributed by atoms with Gasteiger partial charge in [0, 0.05) is 6.07 Å². The van der Waals surface area contributed by atoms with Gasteiger partial charge < -0.3 is 5.32 Å². The number of nitrogens with zero attached hydrogens (tertiary/aromatic N) is 2. The number of anilines is 2. The summed E-state index contributed by atoms with van der Waals surface area (Å²) in [5, 5.41) is 12.5. The van der Waals surface area contributed by atoms with Gasteiger partial charge in [-0.15, -0.1) is 10.2 Å². The molecule has 1 aromatic heterocycles. The number of benzene rings is 2. The van der Waals surface area contributed by atoms with Crippen LogP contribution in [0.15, 0.2) is 46.8 Å². The van der Waals surface area contributed by atoms with E-state index in [2.05, 4.69) is 20.8 Å². The minimum atomic E-state index is -0.882. The highest BCUT2D eigenvalue weighted by Gasteiger charge is 2.15. The fraction of sp³-hybridized carbons (Fsp3) is 0.0588. The van der Waals surface area contributed by atoms with Crippen LogP contribution >= 0.6 is 23.1 Å². The largest absolute Gasteiger partial charge is 0.323 e. The van der Waals surface area contributed by atoms with Crippen LogP contribution in [-0.4, -0.2) is 27.8 Å². The van der Waals surface area contributed by atoms with Crippen molar-refractivity contribution in [2.45, 2.75) is 4.34 Å². The van der Waals surface area contributed by atoms with Gasteiger partial charge in [-0.1, -0.05) is 35.2 Å². The molecule has 11 heteroatoms. The highest BCUT2D eigenvalue weighted by atomic mass is 32.2. The molecule has 3 aromatic rings. The minimum Gasteiger partial charge on any atom is -0.323 e. The van der Waals surface area contributed by atoms with Crippen LogP contribution < -0.4 is 10.6 Å². The molecular formula is C17H11F3N4O2S2. The van der Waals surface area contributed by atoms with Crippen LogP contribution in [0.25, 0.3) is 0 Å². The molecule has 0 saturated heterocycles. The Labute approximate surface area is 165 Å². The number of aromatic nitrogens is 2. The van der Waals surface area contributed by atoms with Crippen LogP contribution in [0.3, 0.4) is 0 Å². The van der Waals surface area contributed by atoms with Gasteiger partial charge in [-0.05, 0) is 24.3 Å². The van der Waals surface area contributed by atoms with Crippen molar-refractivity contribution in [1.29, 1.82) is 0 Å². The maximum atomic E-state index is 13.6. The Morgan fingerprint density at radius 2 is 1.79 bits per heavy atom. The molecule has 6 nitrogen and oxygen atoms in total. The first-order chi connectivity index (χ1) is 13.4. The van der Waals surface area contributed by atoms with Crippen LogP contribution in [-0.2, 0) is 4.79 Å². The van der Waals surface area contributed by atoms with E-state index in [4.69, 9.17) is 0 Å². The molecule has 3 rings (SSSR count). The molecule has 2 aromatic carbocycles. The van der Waals surface area contributed by atoms with Crippen molar-refractivity contribution < 1.29 is 22.8 Å². The quantitative estimate of drug-likeness (QED) is 0.463. The number of carbonyl (C=O) groups is 2. The van der Waals surface area contributed by atoms with Crippen molar-refractivity contribution in [2.75, 3.05) is 16.4 Å². The van der Waals surface area contributed by atoms with E-state index in [0.717, 1.165) is 35.2 Å². The first-order valence-corrected chi connectivity index (χ1v) is 9.49. The van der Waals surface area contributed by atoms with Crippen LogP contribution in [0.1, 0.15) is 10.4 Å². The van der Waals surface area contributed by atoms with Crippen LogP contribution in [0.4, 0.5) is 24.0 Å². The third kappa shape index (κ3) is 5.08. The molecule has 0 spiro atoms. The number of rotatable bonds is 6. The Hall–Kier alpha value is -2.92. The number of hydrogen-bond acceptors (Lipinski definition) is 6. The molecule has 0 aliphatic heterocycles. The maximum absolute atomic E-state index is 13.6. The van der Waals surface area contributed by atoms with E-state index < -0.39 is 29.3 Å². The van der Waals surface area contributed by atoms with Crippen LogP contribution in [0.2, 0.25) is 0 Å². The lowest BCUT2D eigenvalue weighted by atomic mass is 10.2. The molecule has 144 valence electrons. The van der Waals surface area contributed by atoms with Crippen molar-refractivity contribution in [3.63, 3.8) is 0 Å². The standard InChI is InChI=1S/C17H11F3N4O2S2/c18-9-5-6-13(12(20)7-9)21-14(25)8-27-17-24-23-16(28-17)22-15(26)10-3-1-2-4-11(10)19/h1-7H,8H2,(H,21,25)(H,22,23,26). The smallest absolute Gasteiger partial charge is 0.260 e. The summed E-state index contributed by atoms with van der Waals surface area (Å²) in [4.78, 5) is 23.9. The van der Waals surface area contributed by atoms with E-state index >= 15 is 0 Å². The molecule has 0 atom stereocenters. The molecule has 2 amide bonds. The summed E-state index contributed by atoms with van der Waals surface area (Å²) < 4.78 is 40.3. The lowest BCUT2D eigenvalue weighted by molar-refractivity contribution is -0.113. The van der Waals surface area contributed by atoms with Gasteiger partial charge in [-0.25, -0.2) is 13.2 Å².